The number of allylic oxidation sites excluding steroid dienone is 16. The van der Waals surface area contributed by atoms with Gasteiger partial charge in [-0.2, -0.15) is 0 Å². The van der Waals surface area contributed by atoms with Crippen molar-refractivity contribution >= 4 is 17.9 Å². The van der Waals surface area contributed by atoms with Gasteiger partial charge in [0, 0.05) is 19.3 Å². The van der Waals surface area contributed by atoms with E-state index in [9.17, 15) is 14.4 Å². The molecule has 0 aromatic heterocycles. The Kier molecular flexibility index (Phi) is 44.1. The Labute approximate surface area is 362 Å². The lowest BCUT2D eigenvalue weighted by atomic mass is 10.1. The fourth-order valence-electron chi connectivity index (χ4n) is 6.05. The lowest BCUT2D eigenvalue weighted by molar-refractivity contribution is -0.166. The van der Waals surface area contributed by atoms with Gasteiger partial charge in [0.1, 0.15) is 13.2 Å². The third-order valence-electron chi connectivity index (χ3n) is 9.57. The fraction of sp³-hybridized carbons (Fsp3) is 0.642. The highest BCUT2D eigenvalue weighted by atomic mass is 16.6. The van der Waals surface area contributed by atoms with Crippen LogP contribution in [0.15, 0.2) is 97.2 Å². The van der Waals surface area contributed by atoms with E-state index in [1.807, 2.05) is 6.08 Å². The highest BCUT2D eigenvalue weighted by molar-refractivity contribution is 5.71. The average molecular weight is 819 g/mol. The van der Waals surface area contributed by atoms with E-state index in [0.717, 1.165) is 116 Å². The Balaban J connectivity index is 4.55. The summed E-state index contributed by atoms with van der Waals surface area (Å²) in [5.74, 6) is -1.04. The van der Waals surface area contributed by atoms with Crippen molar-refractivity contribution in [1.29, 1.82) is 0 Å². The molecule has 1 atom stereocenters. The summed E-state index contributed by atoms with van der Waals surface area (Å²) < 4.78 is 16.6. The maximum absolute atomic E-state index is 12.7. The predicted octanol–water partition coefficient (Wildman–Crippen LogP) is 15.4. The van der Waals surface area contributed by atoms with Gasteiger partial charge in [-0.3, -0.25) is 14.4 Å². The number of unbranched alkanes of at least 4 members (excludes halogenated alkanes) is 14. The molecule has 334 valence electrons. The second-order valence-corrected chi connectivity index (χ2v) is 15.2. The molecule has 0 aromatic carbocycles. The molecule has 0 aliphatic rings. The van der Waals surface area contributed by atoms with Crippen molar-refractivity contribution in [3.05, 3.63) is 97.2 Å². The zero-order valence-corrected chi connectivity index (χ0v) is 38.0. The van der Waals surface area contributed by atoms with Crippen LogP contribution in [0.1, 0.15) is 201 Å². The number of hydrogen-bond donors (Lipinski definition) is 0. The molecule has 0 amide bonds. The summed E-state index contributed by atoms with van der Waals surface area (Å²) in [7, 11) is 0. The molecule has 0 rings (SSSR count). The molecule has 0 N–H and O–H groups in total. The molecule has 0 aromatic rings. The van der Waals surface area contributed by atoms with Crippen LogP contribution in [-0.4, -0.2) is 37.2 Å². The summed E-state index contributed by atoms with van der Waals surface area (Å²) in [5, 5.41) is 0. The third-order valence-corrected chi connectivity index (χ3v) is 9.57. The summed E-state index contributed by atoms with van der Waals surface area (Å²) >= 11 is 0. The molecule has 0 radical (unpaired) electrons. The number of carbonyl (C=O) groups excluding carboxylic acids is 3. The molecule has 0 saturated heterocycles. The maximum Gasteiger partial charge on any atom is 0.306 e. The van der Waals surface area contributed by atoms with Gasteiger partial charge in [-0.25, -0.2) is 0 Å². The first-order valence-corrected chi connectivity index (χ1v) is 23.7. The van der Waals surface area contributed by atoms with Gasteiger partial charge < -0.3 is 14.2 Å². The van der Waals surface area contributed by atoms with Crippen molar-refractivity contribution in [1.82, 2.24) is 0 Å². The molecule has 6 heteroatoms. The van der Waals surface area contributed by atoms with E-state index in [1.165, 1.54) is 38.5 Å². The lowest BCUT2D eigenvalue weighted by Gasteiger charge is -2.18. The van der Waals surface area contributed by atoms with Gasteiger partial charge in [0.05, 0.1) is 0 Å². The predicted molar refractivity (Wildman–Crippen MR) is 251 cm³/mol. The van der Waals surface area contributed by atoms with Gasteiger partial charge in [-0.05, 0) is 103 Å². The highest BCUT2D eigenvalue weighted by Gasteiger charge is 2.19. The number of ether oxygens (including phenoxy) is 3. The molecule has 59 heavy (non-hydrogen) atoms. The van der Waals surface area contributed by atoms with Gasteiger partial charge in [0.15, 0.2) is 6.10 Å². The summed E-state index contributed by atoms with van der Waals surface area (Å²) in [6, 6.07) is 0. The normalized spacial score (nSPS) is 12.9. The van der Waals surface area contributed by atoms with Crippen molar-refractivity contribution in [2.45, 2.75) is 207 Å². The molecule has 6 nitrogen and oxygen atoms in total. The summed E-state index contributed by atoms with van der Waals surface area (Å²) in [4.78, 5) is 37.8. The zero-order chi connectivity index (χ0) is 43.0. The number of hydrogen-bond acceptors (Lipinski definition) is 6. The highest BCUT2D eigenvalue weighted by Crippen LogP contribution is 2.12. The van der Waals surface area contributed by atoms with Crippen LogP contribution in [0.25, 0.3) is 0 Å². The van der Waals surface area contributed by atoms with Gasteiger partial charge in [0.2, 0.25) is 0 Å². The first kappa shape index (κ1) is 55.3. The van der Waals surface area contributed by atoms with E-state index in [-0.39, 0.29) is 44.0 Å². The van der Waals surface area contributed by atoms with E-state index in [1.54, 1.807) is 0 Å². The van der Waals surface area contributed by atoms with E-state index in [4.69, 9.17) is 14.2 Å². The van der Waals surface area contributed by atoms with Crippen LogP contribution in [0.3, 0.4) is 0 Å². The molecule has 0 bridgehead atoms. The average Bonchev–Trinajstić information content (AvgIpc) is 3.23. The van der Waals surface area contributed by atoms with Crippen LogP contribution in [0.5, 0.6) is 0 Å². The molecular weight excluding hydrogens is 733 g/mol. The first-order chi connectivity index (χ1) is 29.0. The first-order valence-electron chi connectivity index (χ1n) is 23.7. The molecule has 0 fully saturated rings. The summed E-state index contributed by atoms with van der Waals surface area (Å²) in [6.07, 6.45) is 61.1. The van der Waals surface area contributed by atoms with Crippen molar-refractivity contribution < 1.29 is 28.6 Å². The van der Waals surface area contributed by atoms with Crippen molar-refractivity contribution in [2.75, 3.05) is 13.2 Å². The molecule has 1 unspecified atom stereocenters. The Hall–Kier alpha value is -3.67. The second kappa shape index (κ2) is 47.0. The Morgan fingerprint density at radius 2 is 0.695 bits per heavy atom. The minimum Gasteiger partial charge on any atom is -0.462 e. The lowest BCUT2D eigenvalue weighted by Crippen LogP contribution is -2.30. The third kappa shape index (κ3) is 45.3. The van der Waals surface area contributed by atoms with Crippen molar-refractivity contribution in [2.24, 2.45) is 0 Å². The van der Waals surface area contributed by atoms with Crippen LogP contribution in [0.2, 0.25) is 0 Å². The molecular formula is C53H86O6. The van der Waals surface area contributed by atoms with Crippen LogP contribution in [0, 0.1) is 0 Å². The minimum absolute atomic E-state index is 0.117. The van der Waals surface area contributed by atoms with Crippen LogP contribution < -0.4 is 0 Å². The van der Waals surface area contributed by atoms with E-state index in [2.05, 4.69) is 112 Å². The van der Waals surface area contributed by atoms with Crippen LogP contribution >= 0.6 is 0 Å². The van der Waals surface area contributed by atoms with E-state index >= 15 is 0 Å². The monoisotopic (exact) mass is 819 g/mol. The van der Waals surface area contributed by atoms with Gasteiger partial charge >= 0.3 is 17.9 Å². The summed E-state index contributed by atoms with van der Waals surface area (Å²) in [6.45, 7) is 6.29. The van der Waals surface area contributed by atoms with Gasteiger partial charge in [0.25, 0.3) is 0 Å². The molecule has 0 heterocycles. The SMILES string of the molecule is CC/C=C\C/C=C\C/C=C\CCCCCCC(=O)OCC(COC(=O)CC/C=C\C/C=C\CCCCCCCC)OC(=O)CCCCCC/C=C\C/C=C\C/C=C\CC. The minimum atomic E-state index is -0.820. The Morgan fingerprint density at radius 3 is 1.14 bits per heavy atom. The van der Waals surface area contributed by atoms with Crippen LogP contribution in [0.4, 0.5) is 0 Å². The maximum atomic E-state index is 12.7. The zero-order valence-electron chi connectivity index (χ0n) is 38.0. The quantitative estimate of drug-likeness (QED) is 0.0265. The smallest absolute Gasteiger partial charge is 0.306 e. The number of esters is 3. The second-order valence-electron chi connectivity index (χ2n) is 15.2. The molecule has 0 saturated carbocycles. The Bertz CT molecular complexity index is 1220. The van der Waals surface area contributed by atoms with Crippen LogP contribution in [-0.2, 0) is 28.6 Å². The van der Waals surface area contributed by atoms with E-state index in [0.29, 0.717) is 12.8 Å². The number of carbonyl (C=O) groups is 3. The molecule has 0 aliphatic carbocycles. The molecule has 0 aliphatic heterocycles. The molecule has 0 spiro atoms. The topological polar surface area (TPSA) is 78.9 Å². The largest absolute Gasteiger partial charge is 0.462 e. The van der Waals surface area contributed by atoms with Crippen molar-refractivity contribution in [3.63, 3.8) is 0 Å². The Morgan fingerprint density at radius 1 is 0.356 bits per heavy atom. The van der Waals surface area contributed by atoms with Gasteiger partial charge in [-0.15, -0.1) is 0 Å². The van der Waals surface area contributed by atoms with Crippen molar-refractivity contribution in [3.8, 4) is 0 Å². The summed E-state index contributed by atoms with van der Waals surface area (Å²) in [5.41, 5.74) is 0. The number of rotatable bonds is 41. The standard InChI is InChI=1S/C53H86O6/c1-4-7-10-13-16-19-22-25-28-31-34-37-40-43-46-52(55)58-49-50(48-57-51(54)45-42-39-36-33-30-27-24-21-18-15-12-9-6-3)59-53(56)47-44-41-38-35-32-29-26-23-20-17-14-11-8-5-2/h7-8,10-11,16-17,19-20,25-30,36,39,50H,4-6,9,12-15,18,21-24,31-35,37-38,40-49H2,1-3H3/b10-7-,11-8-,19-16-,20-17-,28-25-,29-26-,30-27-,39-36-. The van der Waals surface area contributed by atoms with Gasteiger partial charge in [-0.1, -0.05) is 176 Å². The van der Waals surface area contributed by atoms with E-state index < -0.39 is 6.10 Å². The fourth-order valence-corrected chi connectivity index (χ4v) is 6.05.